The molecule has 10 heteroatoms. The van der Waals surface area contributed by atoms with Crippen molar-refractivity contribution < 1.29 is 23.9 Å². The third-order valence-corrected chi connectivity index (χ3v) is 6.39. The lowest BCUT2D eigenvalue weighted by Crippen LogP contribution is -2.41. The van der Waals surface area contributed by atoms with Crippen LogP contribution in [0, 0.1) is 0 Å². The van der Waals surface area contributed by atoms with Crippen molar-refractivity contribution in [1.29, 1.82) is 0 Å². The third kappa shape index (κ3) is 5.38. The van der Waals surface area contributed by atoms with Crippen LogP contribution in [0.4, 0.5) is 0 Å². The first-order valence-electron chi connectivity index (χ1n) is 9.37. The van der Waals surface area contributed by atoms with Gasteiger partial charge in [0, 0.05) is 19.6 Å². The molecule has 1 saturated heterocycles. The fourth-order valence-electron chi connectivity index (χ4n) is 2.98. The van der Waals surface area contributed by atoms with Crippen molar-refractivity contribution in [1.82, 2.24) is 9.47 Å². The normalized spacial score (nSPS) is 14.7. The first kappa shape index (κ1) is 22.3. The molecule has 1 aliphatic heterocycles. The lowest BCUT2D eigenvalue weighted by Gasteiger charge is -2.26. The lowest BCUT2D eigenvalue weighted by atomic mass is 10.2. The number of hydrogen-bond donors (Lipinski definition) is 0. The highest BCUT2D eigenvalue weighted by Gasteiger charge is 2.17. The van der Waals surface area contributed by atoms with Crippen LogP contribution in [0.15, 0.2) is 35.8 Å². The zero-order valence-electron chi connectivity index (χ0n) is 16.7. The van der Waals surface area contributed by atoms with Crippen molar-refractivity contribution in [2.45, 2.75) is 6.54 Å². The van der Waals surface area contributed by atoms with E-state index < -0.39 is 5.97 Å². The number of ether oxygens (including phenoxy) is 2. The van der Waals surface area contributed by atoms with Gasteiger partial charge in [-0.2, -0.15) is 4.99 Å². The lowest BCUT2D eigenvalue weighted by molar-refractivity contribution is -0.132. The number of nitrogens with zero attached hydrogens (tertiary/aromatic N) is 3. The Balaban J connectivity index is 1.72. The zero-order valence-corrected chi connectivity index (χ0v) is 18.3. The van der Waals surface area contributed by atoms with Crippen LogP contribution in [0.1, 0.15) is 10.4 Å². The number of allylic oxidation sites excluding steroid dienone is 1. The number of esters is 1. The number of fused-ring (bicyclic) bond motifs is 1. The van der Waals surface area contributed by atoms with Crippen LogP contribution in [0.3, 0.4) is 0 Å². The SMILES string of the molecule is C=CCn1c(=NC(=O)CSCC(=O)N2CCOCC2)sc2cc(C(=O)OC)ccc21. The Morgan fingerprint density at radius 3 is 2.77 bits per heavy atom. The molecule has 1 aliphatic rings. The van der Waals surface area contributed by atoms with Gasteiger partial charge in [0.25, 0.3) is 5.91 Å². The van der Waals surface area contributed by atoms with E-state index in [1.165, 1.54) is 30.2 Å². The summed E-state index contributed by atoms with van der Waals surface area (Å²) in [5.41, 5.74) is 1.29. The summed E-state index contributed by atoms with van der Waals surface area (Å²) in [5, 5.41) is 0. The third-order valence-electron chi connectivity index (χ3n) is 4.45. The number of rotatable bonds is 7. The quantitative estimate of drug-likeness (QED) is 0.472. The number of methoxy groups -OCH3 is 1. The number of thiazole rings is 1. The van der Waals surface area contributed by atoms with E-state index in [0.717, 1.165) is 10.2 Å². The molecule has 2 amide bonds. The summed E-state index contributed by atoms with van der Waals surface area (Å²) in [6, 6.07) is 5.21. The number of morpholine rings is 1. The Morgan fingerprint density at radius 1 is 1.30 bits per heavy atom. The summed E-state index contributed by atoms with van der Waals surface area (Å²) in [7, 11) is 1.33. The second-order valence-corrected chi connectivity index (χ2v) is 8.44. The highest BCUT2D eigenvalue weighted by molar-refractivity contribution is 8.00. The summed E-state index contributed by atoms with van der Waals surface area (Å²) in [4.78, 5) is 42.8. The van der Waals surface area contributed by atoms with Gasteiger partial charge in [0.15, 0.2) is 4.80 Å². The van der Waals surface area contributed by atoms with Gasteiger partial charge in [0.2, 0.25) is 5.91 Å². The fraction of sp³-hybridized carbons (Fsp3) is 0.400. The first-order chi connectivity index (χ1) is 14.5. The van der Waals surface area contributed by atoms with E-state index in [2.05, 4.69) is 11.6 Å². The van der Waals surface area contributed by atoms with Crippen molar-refractivity contribution >= 4 is 51.1 Å². The molecule has 1 fully saturated rings. The van der Waals surface area contributed by atoms with Gasteiger partial charge in [-0.05, 0) is 18.2 Å². The standard InChI is InChI=1S/C20H23N3O5S2/c1-3-6-23-15-5-4-14(19(26)27-2)11-16(15)30-20(23)21-17(24)12-29-13-18(25)22-7-9-28-10-8-22/h3-5,11H,1,6-10,12-13H2,2H3. The van der Waals surface area contributed by atoms with Crippen molar-refractivity contribution in [3.05, 3.63) is 41.2 Å². The fourth-order valence-corrected chi connectivity index (χ4v) is 4.77. The summed E-state index contributed by atoms with van der Waals surface area (Å²) in [6.07, 6.45) is 1.72. The van der Waals surface area contributed by atoms with Crippen molar-refractivity contribution in [3.63, 3.8) is 0 Å². The predicted molar refractivity (Wildman–Crippen MR) is 117 cm³/mol. The van der Waals surface area contributed by atoms with Crippen LogP contribution in [-0.2, 0) is 25.6 Å². The number of hydrogen-bond acceptors (Lipinski definition) is 7. The van der Waals surface area contributed by atoms with E-state index in [0.29, 0.717) is 43.2 Å². The summed E-state index contributed by atoms with van der Waals surface area (Å²) in [6.45, 7) is 6.53. The molecule has 3 rings (SSSR count). The first-order valence-corrected chi connectivity index (χ1v) is 11.3. The molecule has 0 aliphatic carbocycles. The number of benzene rings is 1. The van der Waals surface area contributed by atoms with Gasteiger partial charge in [0.1, 0.15) is 0 Å². The molecule has 0 saturated carbocycles. The molecule has 0 atom stereocenters. The Morgan fingerprint density at radius 2 is 2.07 bits per heavy atom. The highest BCUT2D eigenvalue weighted by atomic mass is 32.2. The average Bonchev–Trinajstić information content (AvgIpc) is 3.10. The minimum atomic E-state index is -0.420. The van der Waals surface area contributed by atoms with Crippen LogP contribution in [0.2, 0.25) is 0 Å². The van der Waals surface area contributed by atoms with E-state index >= 15 is 0 Å². The van der Waals surface area contributed by atoms with Gasteiger partial charge in [0.05, 0.1) is 47.6 Å². The van der Waals surface area contributed by atoms with E-state index in [4.69, 9.17) is 9.47 Å². The monoisotopic (exact) mass is 449 g/mol. The zero-order chi connectivity index (χ0) is 21.5. The molecule has 160 valence electrons. The Hall–Kier alpha value is -2.43. The maximum atomic E-state index is 12.4. The van der Waals surface area contributed by atoms with Crippen LogP contribution < -0.4 is 4.80 Å². The largest absolute Gasteiger partial charge is 0.465 e. The van der Waals surface area contributed by atoms with Crippen LogP contribution in [0.25, 0.3) is 10.2 Å². The molecule has 1 aromatic carbocycles. The summed E-state index contributed by atoms with van der Waals surface area (Å²) in [5.74, 6) is -0.368. The van der Waals surface area contributed by atoms with Crippen molar-refractivity contribution in [2.75, 3.05) is 44.9 Å². The molecule has 0 N–H and O–H groups in total. The van der Waals surface area contributed by atoms with Gasteiger partial charge < -0.3 is 18.9 Å². The minimum Gasteiger partial charge on any atom is -0.465 e. The van der Waals surface area contributed by atoms with Crippen LogP contribution >= 0.6 is 23.1 Å². The molecule has 0 radical (unpaired) electrons. The highest BCUT2D eigenvalue weighted by Crippen LogP contribution is 2.20. The second-order valence-electron chi connectivity index (χ2n) is 6.45. The Labute approximate surface area is 182 Å². The van der Waals surface area contributed by atoms with Crippen LogP contribution in [-0.4, -0.2) is 72.2 Å². The molecular weight excluding hydrogens is 426 g/mol. The van der Waals surface area contributed by atoms with E-state index in [9.17, 15) is 14.4 Å². The van der Waals surface area contributed by atoms with Gasteiger partial charge in [-0.25, -0.2) is 4.79 Å². The molecule has 0 spiro atoms. The van der Waals surface area contributed by atoms with Crippen molar-refractivity contribution in [3.8, 4) is 0 Å². The van der Waals surface area contributed by atoms with Crippen molar-refractivity contribution in [2.24, 2.45) is 4.99 Å². The predicted octanol–water partition coefficient (Wildman–Crippen LogP) is 1.69. The topological polar surface area (TPSA) is 90.2 Å². The van der Waals surface area contributed by atoms with E-state index in [1.54, 1.807) is 29.2 Å². The molecule has 8 nitrogen and oxygen atoms in total. The number of amides is 2. The molecule has 2 heterocycles. The molecule has 1 aromatic heterocycles. The van der Waals surface area contributed by atoms with Gasteiger partial charge in [-0.15, -0.1) is 18.3 Å². The molecular formula is C20H23N3O5S2. The summed E-state index contributed by atoms with van der Waals surface area (Å²) < 4.78 is 12.7. The Bertz CT molecular complexity index is 1020. The maximum Gasteiger partial charge on any atom is 0.337 e. The molecule has 0 unspecified atom stereocenters. The molecule has 0 bridgehead atoms. The molecule has 30 heavy (non-hydrogen) atoms. The maximum absolute atomic E-state index is 12.4. The average molecular weight is 450 g/mol. The van der Waals surface area contributed by atoms with Crippen LogP contribution in [0.5, 0.6) is 0 Å². The van der Waals surface area contributed by atoms with E-state index in [-0.39, 0.29) is 23.3 Å². The summed E-state index contributed by atoms with van der Waals surface area (Å²) >= 11 is 2.57. The Kier molecular flexibility index (Phi) is 7.83. The number of carbonyl (C=O) groups excluding carboxylic acids is 3. The van der Waals surface area contributed by atoms with E-state index in [1.807, 2.05) is 4.57 Å². The minimum absolute atomic E-state index is 0.00928. The number of thioether (sulfide) groups is 1. The second kappa shape index (κ2) is 10.6. The van der Waals surface area contributed by atoms with Gasteiger partial charge >= 0.3 is 5.97 Å². The smallest absolute Gasteiger partial charge is 0.337 e. The number of aromatic nitrogens is 1. The molecule has 2 aromatic rings. The van der Waals surface area contributed by atoms with Gasteiger partial charge in [-0.3, -0.25) is 9.59 Å². The van der Waals surface area contributed by atoms with Gasteiger partial charge in [-0.1, -0.05) is 17.4 Å². The number of carbonyl (C=O) groups is 3.